The Kier molecular flexibility index (Phi) is 4.99. The number of anilines is 1. The zero-order chi connectivity index (χ0) is 15.2. The SMILES string of the molecule is Cc1ccc(NCC(=O)N(C)Cc2ccccc2)cc1C. The minimum Gasteiger partial charge on any atom is -0.376 e. The van der Waals surface area contributed by atoms with E-state index in [9.17, 15) is 4.79 Å². The van der Waals surface area contributed by atoms with Gasteiger partial charge in [0.25, 0.3) is 0 Å². The second-order valence-electron chi connectivity index (χ2n) is 5.39. The maximum Gasteiger partial charge on any atom is 0.241 e. The van der Waals surface area contributed by atoms with E-state index in [4.69, 9.17) is 0 Å². The molecule has 0 saturated heterocycles. The van der Waals surface area contributed by atoms with Crippen molar-refractivity contribution in [2.75, 3.05) is 18.9 Å². The maximum atomic E-state index is 12.1. The lowest BCUT2D eigenvalue weighted by Crippen LogP contribution is -2.31. The fraction of sp³-hybridized carbons (Fsp3) is 0.278. The molecule has 0 aliphatic heterocycles. The van der Waals surface area contributed by atoms with E-state index in [1.54, 1.807) is 4.90 Å². The van der Waals surface area contributed by atoms with Crippen molar-refractivity contribution in [1.82, 2.24) is 4.90 Å². The molecule has 0 atom stereocenters. The molecule has 0 fully saturated rings. The molecule has 21 heavy (non-hydrogen) atoms. The molecule has 0 saturated carbocycles. The van der Waals surface area contributed by atoms with Crippen LogP contribution in [0, 0.1) is 13.8 Å². The average Bonchev–Trinajstić information content (AvgIpc) is 2.49. The van der Waals surface area contributed by atoms with Crippen LogP contribution in [-0.4, -0.2) is 24.4 Å². The quantitative estimate of drug-likeness (QED) is 0.912. The molecule has 0 heterocycles. The van der Waals surface area contributed by atoms with Gasteiger partial charge in [0.05, 0.1) is 6.54 Å². The molecule has 0 radical (unpaired) electrons. The van der Waals surface area contributed by atoms with E-state index in [0.717, 1.165) is 11.3 Å². The number of likely N-dealkylation sites (N-methyl/N-ethyl adjacent to an activating group) is 1. The molecule has 0 aliphatic rings. The molecule has 110 valence electrons. The summed E-state index contributed by atoms with van der Waals surface area (Å²) in [6.07, 6.45) is 0. The van der Waals surface area contributed by atoms with Gasteiger partial charge in [-0.05, 0) is 42.7 Å². The van der Waals surface area contributed by atoms with Gasteiger partial charge in [0.2, 0.25) is 5.91 Å². The zero-order valence-corrected chi connectivity index (χ0v) is 12.9. The van der Waals surface area contributed by atoms with Gasteiger partial charge in [-0.15, -0.1) is 0 Å². The van der Waals surface area contributed by atoms with E-state index in [-0.39, 0.29) is 5.91 Å². The van der Waals surface area contributed by atoms with Crippen molar-refractivity contribution in [3.05, 3.63) is 65.2 Å². The van der Waals surface area contributed by atoms with E-state index in [2.05, 4.69) is 31.3 Å². The standard InChI is InChI=1S/C18H22N2O/c1-14-9-10-17(11-15(14)2)19-12-18(21)20(3)13-16-7-5-4-6-8-16/h4-11,19H,12-13H2,1-3H3. The van der Waals surface area contributed by atoms with Crippen molar-refractivity contribution in [3.63, 3.8) is 0 Å². The van der Waals surface area contributed by atoms with Gasteiger partial charge in [0.15, 0.2) is 0 Å². The summed E-state index contributed by atoms with van der Waals surface area (Å²) in [6, 6.07) is 16.2. The highest BCUT2D eigenvalue weighted by molar-refractivity contribution is 5.80. The molecular formula is C18H22N2O. The third kappa shape index (κ3) is 4.35. The predicted octanol–water partition coefficient (Wildman–Crippen LogP) is 3.37. The number of benzene rings is 2. The largest absolute Gasteiger partial charge is 0.376 e. The number of carbonyl (C=O) groups excluding carboxylic acids is 1. The second kappa shape index (κ2) is 6.93. The summed E-state index contributed by atoms with van der Waals surface area (Å²) in [7, 11) is 1.83. The van der Waals surface area contributed by atoms with Gasteiger partial charge in [0, 0.05) is 19.3 Å². The van der Waals surface area contributed by atoms with Crippen LogP contribution in [0.3, 0.4) is 0 Å². The Hall–Kier alpha value is -2.29. The molecule has 3 nitrogen and oxygen atoms in total. The molecule has 3 heteroatoms. The lowest BCUT2D eigenvalue weighted by atomic mass is 10.1. The lowest BCUT2D eigenvalue weighted by Gasteiger charge is -2.18. The smallest absolute Gasteiger partial charge is 0.241 e. The van der Waals surface area contributed by atoms with Crippen molar-refractivity contribution in [2.24, 2.45) is 0 Å². The molecule has 0 aromatic heterocycles. The fourth-order valence-corrected chi connectivity index (χ4v) is 2.11. The molecule has 1 amide bonds. The molecule has 0 spiro atoms. The number of nitrogens with zero attached hydrogens (tertiary/aromatic N) is 1. The number of carbonyl (C=O) groups is 1. The Morgan fingerprint density at radius 3 is 2.43 bits per heavy atom. The van der Waals surface area contributed by atoms with Gasteiger partial charge in [-0.3, -0.25) is 4.79 Å². The lowest BCUT2D eigenvalue weighted by molar-refractivity contribution is -0.128. The third-order valence-corrected chi connectivity index (χ3v) is 3.64. The topological polar surface area (TPSA) is 32.3 Å². The molecule has 2 aromatic rings. The monoisotopic (exact) mass is 282 g/mol. The number of hydrogen-bond donors (Lipinski definition) is 1. The van der Waals surface area contributed by atoms with Gasteiger partial charge in [-0.2, -0.15) is 0 Å². The molecule has 2 aromatic carbocycles. The summed E-state index contributed by atoms with van der Waals surface area (Å²) in [5.41, 5.74) is 4.61. The normalized spacial score (nSPS) is 10.2. The maximum absolute atomic E-state index is 12.1. The Balaban J connectivity index is 1.87. The van der Waals surface area contributed by atoms with E-state index in [1.807, 2.05) is 43.4 Å². The van der Waals surface area contributed by atoms with Crippen LogP contribution >= 0.6 is 0 Å². The Morgan fingerprint density at radius 2 is 1.76 bits per heavy atom. The molecule has 0 aliphatic carbocycles. The number of amides is 1. The summed E-state index contributed by atoms with van der Waals surface area (Å²) in [5, 5.41) is 3.19. The van der Waals surface area contributed by atoms with Gasteiger partial charge in [0.1, 0.15) is 0 Å². The highest BCUT2D eigenvalue weighted by Gasteiger charge is 2.09. The van der Waals surface area contributed by atoms with E-state index < -0.39 is 0 Å². The van der Waals surface area contributed by atoms with E-state index in [0.29, 0.717) is 13.1 Å². The zero-order valence-electron chi connectivity index (χ0n) is 12.9. The van der Waals surface area contributed by atoms with E-state index >= 15 is 0 Å². The minimum absolute atomic E-state index is 0.0806. The van der Waals surface area contributed by atoms with Crippen molar-refractivity contribution in [3.8, 4) is 0 Å². The summed E-state index contributed by atoms with van der Waals surface area (Å²) < 4.78 is 0. The predicted molar refractivity (Wildman–Crippen MR) is 87.3 cm³/mol. The Labute approximate surface area is 126 Å². The van der Waals surface area contributed by atoms with Crippen LogP contribution in [0.1, 0.15) is 16.7 Å². The first-order valence-electron chi connectivity index (χ1n) is 7.15. The molecule has 0 bridgehead atoms. The first-order chi connectivity index (χ1) is 10.1. The van der Waals surface area contributed by atoms with Gasteiger partial charge in [-0.1, -0.05) is 36.4 Å². The summed E-state index contributed by atoms with van der Waals surface area (Å²) in [4.78, 5) is 13.9. The molecular weight excluding hydrogens is 260 g/mol. The number of aryl methyl sites for hydroxylation is 2. The van der Waals surface area contributed by atoms with E-state index in [1.165, 1.54) is 11.1 Å². The van der Waals surface area contributed by atoms with Gasteiger partial charge < -0.3 is 10.2 Å². The van der Waals surface area contributed by atoms with Crippen LogP contribution in [0.4, 0.5) is 5.69 Å². The molecule has 0 unspecified atom stereocenters. The van der Waals surface area contributed by atoms with Crippen molar-refractivity contribution in [2.45, 2.75) is 20.4 Å². The van der Waals surface area contributed by atoms with Crippen molar-refractivity contribution < 1.29 is 4.79 Å². The van der Waals surface area contributed by atoms with Crippen molar-refractivity contribution >= 4 is 11.6 Å². The molecule has 2 rings (SSSR count). The van der Waals surface area contributed by atoms with Crippen LogP contribution in [0.2, 0.25) is 0 Å². The highest BCUT2D eigenvalue weighted by atomic mass is 16.2. The number of nitrogens with one attached hydrogen (secondary N) is 1. The van der Waals surface area contributed by atoms with Gasteiger partial charge in [-0.25, -0.2) is 0 Å². The Morgan fingerprint density at radius 1 is 1.05 bits per heavy atom. The average molecular weight is 282 g/mol. The summed E-state index contributed by atoms with van der Waals surface area (Å²) >= 11 is 0. The van der Waals surface area contributed by atoms with Crippen LogP contribution in [0.5, 0.6) is 0 Å². The fourth-order valence-electron chi connectivity index (χ4n) is 2.11. The second-order valence-corrected chi connectivity index (χ2v) is 5.39. The third-order valence-electron chi connectivity index (χ3n) is 3.64. The van der Waals surface area contributed by atoms with Crippen LogP contribution in [0.25, 0.3) is 0 Å². The molecule has 1 N–H and O–H groups in total. The highest BCUT2D eigenvalue weighted by Crippen LogP contribution is 2.14. The first-order valence-corrected chi connectivity index (χ1v) is 7.15. The van der Waals surface area contributed by atoms with Gasteiger partial charge >= 0.3 is 0 Å². The first kappa shape index (κ1) is 15.1. The number of rotatable bonds is 5. The minimum atomic E-state index is 0.0806. The number of hydrogen-bond acceptors (Lipinski definition) is 2. The van der Waals surface area contributed by atoms with Crippen LogP contribution in [0.15, 0.2) is 48.5 Å². The Bertz CT molecular complexity index is 608. The van der Waals surface area contributed by atoms with Crippen LogP contribution in [-0.2, 0) is 11.3 Å². The van der Waals surface area contributed by atoms with Crippen molar-refractivity contribution in [1.29, 1.82) is 0 Å². The van der Waals surface area contributed by atoms with Crippen LogP contribution < -0.4 is 5.32 Å². The summed E-state index contributed by atoms with van der Waals surface area (Å²) in [6.45, 7) is 5.10. The summed E-state index contributed by atoms with van der Waals surface area (Å²) in [5.74, 6) is 0.0806.